The van der Waals surface area contributed by atoms with Crippen LogP contribution in [0.15, 0.2) is 36.9 Å². The topological polar surface area (TPSA) is 102 Å². The number of aryl methyl sites for hydroxylation is 2. The lowest BCUT2D eigenvalue weighted by Gasteiger charge is -2.40. The van der Waals surface area contributed by atoms with Crippen molar-refractivity contribution >= 4 is 17.8 Å². The van der Waals surface area contributed by atoms with Crippen molar-refractivity contribution in [3.05, 3.63) is 65.3 Å². The number of piperazine rings is 1. The van der Waals surface area contributed by atoms with Gasteiger partial charge in [0.25, 0.3) is 11.8 Å². The molecule has 2 heterocycles. The van der Waals surface area contributed by atoms with E-state index in [0.29, 0.717) is 42.5 Å². The minimum absolute atomic E-state index is 0.00818. The molecule has 9 heteroatoms. The van der Waals surface area contributed by atoms with Crippen molar-refractivity contribution in [3.8, 4) is 5.75 Å². The summed E-state index contributed by atoms with van der Waals surface area (Å²) in [6, 6.07) is 6.74. The van der Waals surface area contributed by atoms with Gasteiger partial charge in [0, 0.05) is 31.2 Å². The Kier molecular flexibility index (Phi) is 7.42. The zero-order chi connectivity index (χ0) is 24.1. The van der Waals surface area contributed by atoms with Crippen LogP contribution in [-0.4, -0.2) is 76.9 Å². The highest BCUT2D eigenvalue weighted by Gasteiger charge is 2.34. The quantitative estimate of drug-likeness (QED) is 0.490. The van der Waals surface area contributed by atoms with Crippen molar-refractivity contribution < 1.29 is 23.9 Å². The number of ether oxygens (including phenoxy) is 2. The molecule has 2 aromatic rings. The molecule has 1 unspecified atom stereocenters. The van der Waals surface area contributed by atoms with Crippen LogP contribution in [0.25, 0.3) is 0 Å². The van der Waals surface area contributed by atoms with Crippen molar-refractivity contribution in [1.29, 1.82) is 0 Å². The maximum Gasteiger partial charge on any atom is 0.342 e. The normalized spacial score (nSPS) is 15.7. The minimum atomic E-state index is -0.671. The fourth-order valence-corrected chi connectivity index (χ4v) is 3.83. The molecule has 3 rings (SSSR count). The van der Waals surface area contributed by atoms with Gasteiger partial charge in [-0.25, -0.2) is 14.8 Å². The van der Waals surface area contributed by atoms with Crippen LogP contribution in [-0.2, 0) is 4.74 Å². The molecule has 174 valence electrons. The summed E-state index contributed by atoms with van der Waals surface area (Å²) in [7, 11) is 1.55. The molecule has 0 radical (unpaired) electrons. The maximum absolute atomic E-state index is 13.4. The predicted molar refractivity (Wildman–Crippen MR) is 121 cm³/mol. The van der Waals surface area contributed by atoms with Crippen molar-refractivity contribution in [1.82, 2.24) is 19.8 Å². The summed E-state index contributed by atoms with van der Waals surface area (Å²) < 4.78 is 10.4. The number of hydrogen-bond donors (Lipinski definition) is 0. The van der Waals surface area contributed by atoms with Crippen LogP contribution in [0.2, 0.25) is 0 Å². The predicted octanol–water partition coefficient (Wildman–Crippen LogP) is 2.43. The second-order valence-corrected chi connectivity index (χ2v) is 7.80. The molecule has 0 bridgehead atoms. The van der Waals surface area contributed by atoms with Gasteiger partial charge < -0.3 is 19.3 Å². The zero-order valence-electron chi connectivity index (χ0n) is 19.3. The summed E-state index contributed by atoms with van der Waals surface area (Å²) in [4.78, 5) is 50.8. The highest BCUT2D eigenvalue weighted by molar-refractivity contribution is 6.04. The minimum Gasteiger partial charge on any atom is -0.497 e. The fraction of sp³-hybridized carbons (Fsp3) is 0.375. The summed E-state index contributed by atoms with van der Waals surface area (Å²) in [5.41, 5.74) is 0.957. The molecule has 1 saturated heterocycles. The number of amides is 2. The van der Waals surface area contributed by atoms with E-state index >= 15 is 0 Å². The summed E-state index contributed by atoms with van der Waals surface area (Å²) in [5, 5.41) is 0. The number of nitrogens with zero attached hydrogens (tertiary/aromatic N) is 4. The van der Waals surface area contributed by atoms with Crippen molar-refractivity contribution in [2.24, 2.45) is 0 Å². The van der Waals surface area contributed by atoms with Gasteiger partial charge >= 0.3 is 5.97 Å². The number of hydrogen-bond acceptors (Lipinski definition) is 7. The molecule has 0 N–H and O–H groups in total. The van der Waals surface area contributed by atoms with E-state index in [4.69, 9.17) is 9.47 Å². The first-order valence-corrected chi connectivity index (χ1v) is 10.6. The van der Waals surface area contributed by atoms with Gasteiger partial charge in [-0.05, 0) is 39.0 Å². The van der Waals surface area contributed by atoms with E-state index in [-0.39, 0.29) is 29.8 Å². The molecule has 0 aliphatic carbocycles. The van der Waals surface area contributed by atoms with Gasteiger partial charge in [0.1, 0.15) is 29.4 Å². The lowest BCUT2D eigenvalue weighted by Crippen LogP contribution is -2.55. The molecule has 1 aliphatic heterocycles. The Morgan fingerprint density at radius 1 is 1.18 bits per heavy atom. The van der Waals surface area contributed by atoms with E-state index in [9.17, 15) is 14.4 Å². The lowest BCUT2D eigenvalue weighted by atomic mass is 10.1. The van der Waals surface area contributed by atoms with Crippen molar-refractivity contribution in [2.45, 2.75) is 26.8 Å². The number of carbonyl (C=O) groups excluding carboxylic acids is 3. The summed E-state index contributed by atoms with van der Waals surface area (Å²) in [6.07, 6.45) is 1.45. The summed E-state index contributed by atoms with van der Waals surface area (Å²) in [6.45, 7) is 9.70. The summed E-state index contributed by atoms with van der Waals surface area (Å²) >= 11 is 0. The Labute approximate surface area is 193 Å². The third-order valence-electron chi connectivity index (χ3n) is 5.43. The fourth-order valence-electron chi connectivity index (χ4n) is 3.83. The third-order valence-corrected chi connectivity index (χ3v) is 5.43. The van der Waals surface area contributed by atoms with Crippen LogP contribution in [0.4, 0.5) is 0 Å². The average molecular weight is 453 g/mol. The monoisotopic (exact) mass is 452 g/mol. The molecule has 0 spiro atoms. The first-order valence-electron chi connectivity index (χ1n) is 10.6. The molecule has 1 aromatic heterocycles. The Hall–Kier alpha value is -3.75. The number of aromatic nitrogens is 2. The maximum atomic E-state index is 13.4. The van der Waals surface area contributed by atoms with E-state index in [1.807, 2.05) is 6.92 Å². The second-order valence-electron chi connectivity index (χ2n) is 7.80. The van der Waals surface area contributed by atoms with Crippen LogP contribution >= 0.6 is 0 Å². The molecule has 0 saturated carbocycles. The third kappa shape index (κ3) is 5.19. The number of rotatable bonds is 6. The number of esters is 1. The molecule has 1 fully saturated rings. The smallest absolute Gasteiger partial charge is 0.342 e. The average Bonchev–Trinajstić information content (AvgIpc) is 2.81. The Balaban J connectivity index is 1.80. The van der Waals surface area contributed by atoms with Crippen LogP contribution in [0.1, 0.15) is 49.6 Å². The van der Waals surface area contributed by atoms with Gasteiger partial charge in [-0.15, -0.1) is 0 Å². The highest BCUT2D eigenvalue weighted by atomic mass is 16.5. The summed E-state index contributed by atoms with van der Waals surface area (Å²) in [5.74, 6) is -0.204. The van der Waals surface area contributed by atoms with Crippen LogP contribution in [0, 0.1) is 13.8 Å². The van der Waals surface area contributed by atoms with Gasteiger partial charge in [0.05, 0.1) is 12.8 Å². The molecule has 1 atom stereocenters. The molecule has 2 amide bonds. The first kappa shape index (κ1) is 23.9. The van der Waals surface area contributed by atoms with E-state index in [1.54, 1.807) is 55.0 Å². The SMILES string of the molecule is C=CCOC(=O)c1c(C)nc(C)nc1C(=O)N1CCN(C(=O)c2cccc(OC)c2)C(C)C1. The van der Waals surface area contributed by atoms with Gasteiger partial charge in [-0.2, -0.15) is 0 Å². The van der Waals surface area contributed by atoms with Crippen molar-refractivity contribution in [3.63, 3.8) is 0 Å². The van der Waals surface area contributed by atoms with Crippen LogP contribution < -0.4 is 4.74 Å². The molecule has 1 aromatic carbocycles. The van der Waals surface area contributed by atoms with Gasteiger partial charge in [-0.3, -0.25) is 9.59 Å². The number of methoxy groups -OCH3 is 1. The van der Waals surface area contributed by atoms with Gasteiger partial charge in [0.15, 0.2) is 0 Å². The van der Waals surface area contributed by atoms with Gasteiger partial charge in [-0.1, -0.05) is 18.7 Å². The highest BCUT2D eigenvalue weighted by Crippen LogP contribution is 2.21. The van der Waals surface area contributed by atoms with E-state index < -0.39 is 11.9 Å². The van der Waals surface area contributed by atoms with Gasteiger partial charge in [0.2, 0.25) is 0 Å². The van der Waals surface area contributed by atoms with E-state index in [0.717, 1.165) is 0 Å². The first-order chi connectivity index (χ1) is 15.8. The Bertz CT molecular complexity index is 1080. The largest absolute Gasteiger partial charge is 0.497 e. The molecule has 33 heavy (non-hydrogen) atoms. The molecular formula is C24H28N4O5. The molecule has 1 aliphatic rings. The Morgan fingerprint density at radius 3 is 2.61 bits per heavy atom. The Morgan fingerprint density at radius 2 is 1.94 bits per heavy atom. The van der Waals surface area contributed by atoms with E-state index in [1.165, 1.54) is 6.08 Å². The molecule has 9 nitrogen and oxygen atoms in total. The molecular weight excluding hydrogens is 424 g/mol. The van der Waals surface area contributed by atoms with Crippen LogP contribution in [0.5, 0.6) is 5.75 Å². The number of carbonyl (C=O) groups is 3. The number of benzene rings is 1. The van der Waals surface area contributed by atoms with E-state index in [2.05, 4.69) is 16.5 Å². The van der Waals surface area contributed by atoms with Crippen LogP contribution in [0.3, 0.4) is 0 Å². The zero-order valence-corrected chi connectivity index (χ0v) is 19.3. The standard InChI is InChI=1S/C24H28N4O5/c1-6-12-33-24(31)20-16(3)25-17(4)26-21(20)23(30)27-10-11-28(15(2)14-27)22(29)18-8-7-9-19(13-18)32-5/h6-9,13,15H,1,10-12,14H2,2-5H3. The van der Waals surface area contributed by atoms with Crippen molar-refractivity contribution in [2.75, 3.05) is 33.4 Å². The second kappa shape index (κ2) is 10.2. The lowest BCUT2D eigenvalue weighted by molar-refractivity contribution is 0.0406.